The van der Waals surface area contributed by atoms with Crippen LogP contribution in [-0.4, -0.2) is 18.1 Å². The number of pyridine rings is 1. The number of hydrogen-bond donors (Lipinski definition) is 0. The Balaban J connectivity index is 2.19. The average molecular weight is 183 g/mol. The Hall–Kier alpha value is -0.760. The monoisotopic (exact) mass is 182 g/mol. The van der Waals surface area contributed by atoms with Gasteiger partial charge in [0.05, 0.1) is 0 Å². The predicted octanol–water partition coefficient (Wildman–Crippen LogP) is 2.03. The fraction of sp³-hybridized carbons (Fsp3) is 0.444. The van der Waals surface area contributed by atoms with Crippen LogP contribution < -0.4 is 4.90 Å². The number of halogens is 1. The van der Waals surface area contributed by atoms with Gasteiger partial charge in [0, 0.05) is 25.2 Å². The van der Waals surface area contributed by atoms with E-state index in [1.165, 1.54) is 6.42 Å². The van der Waals surface area contributed by atoms with Crippen molar-refractivity contribution in [3.05, 3.63) is 23.9 Å². The lowest BCUT2D eigenvalue weighted by Crippen LogP contribution is -2.37. The van der Waals surface area contributed by atoms with Crippen LogP contribution in [0.2, 0.25) is 0 Å². The second kappa shape index (κ2) is 3.31. The molecule has 2 nitrogen and oxygen atoms in total. The third-order valence-electron chi connectivity index (χ3n) is 2.14. The molecule has 0 saturated carbocycles. The molecule has 12 heavy (non-hydrogen) atoms. The minimum absolute atomic E-state index is 0.573. The van der Waals surface area contributed by atoms with Crippen molar-refractivity contribution >= 4 is 17.4 Å². The maximum absolute atomic E-state index is 5.72. The van der Waals surface area contributed by atoms with Gasteiger partial charge in [-0.05, 0) is 24.1 Å². The second-order valence-electron chi connectivity index (χ2n) is 3.00. The minimum Gasteiger partial charge on any atom is -0.356 e. The standard InChI is InChI=1S/C9H11ClN2/c10-7-8-2-3-11-9(6-8)12-4-1-5-12/h2-3,6H,1,4-5,7H2. The Morgan fingerprint density at radius 1 is 1.50 bits per heavy atom. The first-order valence-corrected chi connectivity index (χ1v) is 4.69. The van der Waals surface area contributed by atoms with Crippen molar-refractivity contribution in [1.82, 2.24) is 4.98 Å². The molecule has 0 atom stereocenters. The topological polar surface area (TPSA) is 16.1 Å². The first kappa shape index (κ1) is 7.87. The quantitative estimate of drug-likeness (QED) is 0.651. The number of aromatic nitrogens is 1. The molecular weight excluding hydrogens is 172 g/mol. The van der Waals surface area contributed by atoms with Crippen LogP contribution in [0.15, 0.2) is 18.3 Å². The molecule has 1 aliphatic rings. The summed E-state index contributed by atoms with van der Waals surface area (Å²) in [7, 11) is 0. The molecule has 0 unspecified atom stereocenters. The highest BCUT2D eigenvalue weighted by Crippen LogP contribution is 2.19. The van der Waals surface area contributed by atoms with Crippen molar-refractivity contribution in [2.75, 3.05) is 18.0 Å². The van der Waals surface area contributed by atoms with E-state index < -0.39 is 0 Å². The van der Waals surface area contributed by atoms with Gasteiger partial charge in [-0.15, -0.1) is 11.6 Å². The van der Waals surface area contributed by atoms with Gasteiger partial charge in [-0.3, -0.25) is 0 Å². The maximum atomic E-state index is 5.72. The summed E-state index contributed by atoms with van der Waals surface area (Å²) in [5.41, 5.74) is 1.15. The molecule has 64 valence electrons. The molecule has 1 aromatic heterocycles. The van der Waals surface area contributed by atoms with Gasteiger partial charge in [-0.25, -0.2) is 4.98 Å². The van der Waals surface area contributed by atoms with E-state index in [1.807, 2.05) is 12.3 Å². The lowest BCUT2D eigenvalue weighted by Gasteiger charge is -2.32. The highest BCUT2D eigenvalue weighted by atomic mass is 35.5. The smallest absolute Gasteiger partial charge is 0.128 e. The van der Waals surface area contributed by atoms with E-state index in [-0.39, 0.29) is 0 Å². The molecule has 0 N–H and O–H groups in total. The largest absolute Gasteiger partial charge is 0.356 e. The molecular formula is C9H11ClN2. The first-order valence-electron chi connectivity index (χ1n) is 4.16. The summed E-state index contributed by atoms with van der Waals surface area (Å²) in [5, 5.41) is 0. The van der Waals surface area contributed by atoms with Gasteiger partial charge in [-0.2, -0.15) is 0 Å². The molecule has 1 aromatic rings. The summed E-state index contributed by atoms with van der Waals surface area (Å²) in [6, 6.07) is 4.02. The molecule has 0 radical (unpaired) electrons. The fourth-order valence-corrected chi connectivity index (χ4v) is 1.43. The predicted molar refractivity (Wildman–Crippen MR) is 50.6 cm³/mol. The van der Waals surface area contributed by atoms with Crippen LogP contribution in [0.1, 0.15) is 12.0 Å². The van der Waals surface area contributed by atoms with Crippen LogP contribution in [0.25, 0.3) is 0 Å². The highest BCUT2D eigenvalue weighted by Gasteiger charge is 2.15. The van der Waals surface area contributed by atoms with Gasteiger partial charge < -0.3 is 4.90 Å². The zero-order chi connectivity index (χ0) is 8.39. The average Bonchev–Trinajstić information content (AvgIpc) is 2.02. The number of nitrogens with zero attached hydrogens (tertiary/aromatic N) is 2. The molecule has 0 spiro atoms. The summed E-state index contributed by atoms with van der Waals surface area (Å²) in [5.74, 6) is 1.64. The van der Waals surface area contributed by atoms with Gasteiger partial charge in [0.2, 0.25) is 0 Å². The van der Waals surface area contributed by atoms with Gasteiger partial charge in [0.15, 0.2) is 0 Å². The zero-order valence-corrected chi connectivity index (χ0v) is 7.59. The summed E-state index contributed by atoms with van der Waals surface area (Å²) in [4.78, 5) is 6.54. The van der Waals surface area contributed by atoms with Gasteiger partial charge in [-0.1, -0.05) is 0 Å². The van der Waals surface area contributed by atoms with Crippen LogP contribution in [0, 0.1) is 0 Å². The Kier molecular flexibility index (Phi) is 2.17. The number of anilines is 1. The summed E-state index contributed by atoms with van der Waals surface area (Å²) in [6.07, 6.45) is 3.11. The van der Waals surface area contributed by atoms with E-state index in [9.17, 15) is 0 Å². The Morgan fingerprint density at radius 3 is 2.92 bits per heavy atom. The minimum atomic E-state index is 0.573. The van der Waals surface area contributed by atoms with Crippen LogP contribution in [0.3, 0.4) is 0 Å². The van der Waals surface area contributed by atoms with Crippen molar-refractivity contribution in [1.29, 1.82) is 0 Å². The maximum Gasteiger partial charge on any atom is 0.128 e. The molecule has 3 heteroatoms. The normalized spacial score (nSPS) is 15.9. The van der Waals surface area contributed by atoms with Crippen molar-refractivity contribution in [2.45, 2.75) is 12.3 Å². The summed E-state index contributed by atoms with van der Waals surface area (Å²) < 4.78 is 0. The lowest BCUT2D eigenvalue weighted by atomic mass is 10.2. The molecule has 1 saturated heterocycles. The van der Waals surface area contributed by atoms with E-state index in [0.717, 1.165) is 24.5 Å². The van der Waals surface area contributed by atoms with E-state index in [2.05, 4.69) is 16.0 Å². The highest BCUT2D eigenvalue weighted by molar-refractivity contribution is 6.17. The van der Waals surface area contributed by atoms with E-state index >= 15 is 0 Å². The van der Waals surface area contributed by atoms with Crippen LogP contribution in [0.4, 0.5) is 5.82 Å². The fourth-order valence-electron chi connectivity index (χ4n) is 1.26. The first-order chi connectivity index (χ1) is 5.90. The van der Waals surface area contributed by atoms with Gasteiger partial charge in [0.1, 0.15) is 5.82 Å². The van der Waals surface area contributed by atoms with Crippen molar-refractivity contribution in [3.8, 4) is 0 Å². The number of alkyl halides is 1. The second-order valence-corrected chi connectivity index (χ2v) is 3.26. The van der Waals surface area contributed by atoms with E-state index in [1.54, 1.807) is 0 Å². The van der Waals surface area contributed by atoms with Crippen LogP contribution in [0.5, 0.6) is 0 Å². The third kappa shape index (κ3) is 1.39. The zero-order valence-electron chi connectivity index (χ0n) is 6.83. The van der Waals surface area contributed by atoms with Crippen LogP contribution >= 0.6 is 11.6 Å². The van der Waals surface area contributed by atoms with Crippen LogP contribution in [-0.2, 0) is 5.88 Å². The molecule has 0 aliphatic carbocycles. The SMILES string of the molecule is ClCc1ccnc(N2CCC2)c1. The number of hydrogen-bond acceptors (Lipinski definition) is 2. The molecule has 2 rings (SSSR count). The molecule has 0 bridgehead atoms. The Labute approximate surface area is 77.2 Å². The van der Waals surface area contributed by atoms with Crippen molar-refractivity contribution < 1.29 is 0 Å². The molecule has 2 heterocycles. The molecule has 1 aliphatic heterocycles. The van der Waals surface area contributed by atoms with E-state index in [0.29, 0.717) is 5.88 Å². The van der Waals surface area contributed by atoms with Crippen molar-refractivity contribution in [3.63, 3.8) is 0 Å². The molecule has 1 fully saturated rings. The molecule has 0 amide bonds. The third-order valence-corrected chi connectivity index (χ3v) is 2.45. The summed E-state index contributed by atoms with van der Waals surface area (Å²) >= 11 is 5.72. The van der Waals surface area contributed by atoms with Gasteiger partial charge in [0.25, 0.3) is 0 Å². The molecule has 0 aromatic carbocycles. The Morgan fingerprint density at radius 2 is 2.33 bits per heavy atom. The Bertz CT molecular complexity index is 271. The van der Waals surface area contributed by atoms with Crippen molar-refractivity contribution in [2.24, 2.45) is 0 Å². The summed E-state index contributed by atoms with van der Waals surface area (Å²) in [6.45, 7) is 2.28. The number of rotatable bonds is 2. The van der Waals surface area contributed by atoms with Gasteiger partial charge >= 0.3 is 0 Å². The van der Waals surface area contributed by atoms with E-state index in [4.69, 9.17) is 11.6 Å². The lowest BCUT2D eigenvalue weighted by molar-refractivity contribution is 0.609.